The predicted octanol–water partition coefficient (Wildman–Crippen LogP) is 6.20. The van der Waals surface area contributed by atoms with E-state index >= 15 is 0 Å². The van der Waals surface area contributed by atoms with Crippen molar-refractivity contribution in [1.82, 2.24) is 10.2 Å². The Labute approximate surface area is 264 Å². The highest BCUT2D eigenvalue weighted by atomic mass is 35.5. The summed E-state index contributed by atoms with van der Waals surface area (Å²) in [5, 5.41) is 3.88. The highest BCUT2D eigenvalue weighted by Crippen LogP contribution is 2.26. The molecule has 1 fully saturated rings. The molecule has 3 aromatic carbocycles. The molecule has 0 bridgehead atoms. The zero-order valence-electron chi connectivity index (χ0n) is 24.3. The van der Waals surface area contributed by atoms with E-state index in [2.05, 4.69) is 5.32 Å². The number of ether oxygens (including phenoxy) is 1. The van der Waals surface area contributed by atoms with Crippen LogP contribution in [0.5, 0.6) is 5.75 Å². The molecule has 0 spiro atoms. The van der Waals surface area contributed by atoms with E-state index in [0.29, 0.717) is 40.1 Å². The summed E-state index contributed by atoms with van der Waals surface area (Å²) in [7, 11) is -3.87. The average Bonchev–Trinajstić information content (AvgIpc) is 3.49. The SMILES string of the molecule is CCC(C(=O)NC1CCCC1)N(Cc1ccc(Cl)cc1Cl)C(=O)CN(c1ccc(OCc2ccccc2)cc1)S(C)(=O)=O. The van der Waals surface area contributed by atoms with Crippen LogP contribution in [-0.4, -0.2) is 50.0 Å². The Bertz CT molecular complexity index is 1500. The maximum atomic E-state index is 14.0. The fraction of sp³-hybridized carbons (Fsp3) is 0.375. The lowest BCUT2D eigenvalue weighted by Crippen LogP contribution is -2.53. The van der Waals surface area contributed by atoms with Gasteiger partial charge in [0.25, 0.3) is 0 Å². The number of hydrogen-bond acceptors (Lipinski definition) is 5. The fourth-order valence-corrected chi connectivity index (χ4v) is 6.50. The van der Waals surface area contributed by atoms with Crippen LogP contribution in [0.25, 0.3) is 0 Å². The Hall–Kier alpha value is -3.27. The van der Waals surface area contributed by atoms with Crippen LogP contribution in [0.4, 0.5) is 5.69 Å². The van der Waals surface area contributed by atoms with Crippen LogP contribution < -0.4 is 14.4 Å². The Balaban J connectivity index is 1.57. The number of sulfonamides is 1. The third kappa shape index (κ3) is 9.11. The van der Waals surface area contributed by atoms with Gasteiger partial charge in [0.1, 0.15) is 24.9 Å². The van der Waals surface area contributed by atoms with Crippen LogP contribution in [0.1, 0.15) is 50.2 Å². The monoisotopic (exact) mass is 645 g/mol. The molecule has 0 aromatic heterocycles. The van der Waals surface area contributed by atoms with Gasteiger partial charge in [-0.3, -0.25) is 13.9 Å². The maximum Gasteiger partial charge on any atom is 0.244 e. The zero-order chi connectivity index (χ0) is 31.0. The average molecular weight is 647 g/mol. The number of halogens is 2. The minimum absolute atomic E-state index is 0.00922. The summed E-state index contributed by atoms with van der Waals surface area (Å²) in [5.41, 5.74) is 1.89. The molecule has 0 radical (unpaired) electrons. The van der Waals surface area contributed by atoms with Gasteiger partial charge >= 0.3 is 0 Å². The quantitative estimate of drug-likeness (QED) is 0.239. The summed E-state index contributed by atoms with van der Waals surface area (Å²) in [6, 6.07) is 20.4. The second-order valence-corrected chi connectivity index (χ2v) is 13.5. The van der Waals surface area contributed by atoms with Crippen LogP contribution in [0, 0.1) is 0 Å². The van der Waals surface area contributed by atoms with Gasteiger partial charge in [0, 0.05) is 22.6 Å². The van der Waals surface area contributed by atoms with Crippen LogP contribution in [0.3, 0.4) is 0 Å². The van der Waals surface area contributed by atoms with Crippen LogP contribution >= 0.6 is 23.2 Å². The summed E-state index contributed by atoms with van der Waals surface area (Å²) in [5.74, 6) is -0.242. The third-order valence-corrected chi connectivity index (χ3v) is 9.22. The minimum Gasteiger partial charge on any atom is -0.489 e. The molecule has 8 nitrogen and oxygen atoms in total. The molecule has 1 unspecified atom stereocenters. The molecule has 1 atom stereocenters. The first kappa shape index (κ1) is 32.6. The first-order valence-corrected chi connectivity index (χ1v) is 16.9. The van der Waals surface area contributed by atoms with Gasteiger partial charge in [0.15, 0.2) is 0 Å². The molecule has 4 rings (SSSR count). The van der Waals surface area contributed by atoms with E-state index < -0.39 is 28.5 Å². The number of benzene rings is 3. The number of anilines is 1. The van der Waals surface area contributed by atoms with Crippen molar-refractivity contribution in [2.45, 2.75) is 64.3 Å². The summed E-state index contributed by atoms with van der Waals surface area (Å²) >= 11 is 12.5. The van der Waals surface area contributed by atoms with E-state index in [-0.39, 0.29) is 18.5 Å². The first-order chi connectivity index (χ1) is 20.5. The lowest BCUT2D eigenvalue weighted by Gasteiger charge is -2.33. The molecule has 1 aliphatic rings. The number of nitrogens with one attached hydrogen (secondary N) is 1. The van der Waals surface area contributed by atoms with Crippen molar-refractivity contribution in [1.29, 1.82) is 0 Å². The number of carbonyl (C=O) groups excluding carboxylic acids is 2. The lowest BCUT2D eigenvalue weighted by atomic mass is 10.1. The van der Waals surface area contributed by atoms with E-state index in [1.165, 1.54) is 4.90 Å². The van der Waals surface area contributed by atoms with Crippen molar-refractivity contribution < 1.29 is 22.7 Å². The summed E-state index contributed by atoms with van der Waals surface area (Å²) in [4.78, 5) is 28.8. The Morgan fingerprint density at radius 1 is 1.00 bits per heavy atom. The van der Waals surface area contributed by atoms with Gasteiger partial charge in [-0.25, -0.2) is 8.42 Å². The van der Waals surface area contributed by atoms with Crippen LogP contribution in [-0.2, 0) is 32.8 Å². The second-order valence-electron chi connectivity index (χ2n) is 10.7. The van der Waals surface area contributed by atoms with E-state index in [4.69, 9.17) is 27.9 Å². The molecular weight excluding hydrogens is 609 g/mol. The van der Waals surface area contributed by atoms with Crippen molar-refractivity contribution in [2.75, 3.05) is 17.1 Å². The molecule has 1 aliphatic carbocycles. The fourth-order valence-electron chi connectivity index (χ4n) is 5.18. The molecule has 0 saturated heterocycles. The summed E-state index contributed by atoms with van der Waals surface area (Å²) in [6.45, 7) is 1.69. The smallest absolute Gasteiger partial charge is 0.244 e. The highest BCUT2D eigenvalue weighted by Gasteiger charge is 2.33. The van der Waals surface area contributed by atoms with Crippen molar-refractivity contribution >= 4 is 50.7 Å². The van der Waals surface area contributed by atoms with Gasteiger partial charge in [0.05, 0.1) is 11.9 Å². The molecule has 2 amide bonds. The topological polar surface area (TPSA) is 96.0 Å². The maximum absolute atomic E-state index is 14.0. The van der Waals surface area contributed by atoms with Crippen LogP contribution in [0.15, 0.2) is 72.8 Å². The van der Waals surface area contributed by atoms with Gasteiger partial charge in [-0.05, 0) is 66.8 Å². The van der Waals surface area contributed by atoms with Crippen LogP contribution in [0.2, 0.25) is 10.0 Å². The van der Waals surface area contributed by atoms with Crippen molar-refractivity contribution in [3.8, 4) is 5.75 Å². The highest BCUT2D eigenvalue weighted by molar-refractivity contribution is 7.92. The number of rotatable bonds is 13. The normalized spacial score (nSPS) is 14.2. The van der Waals surface area contributed by atoms with E-state index in [0.717, 1.165) is 41.8 Å². The number of hydrogen-bond donors (Lipinski definition) is 1. The van der Waals surface area contributed by atoms with Gasteiger partial charge in [-0.15, -0.1) is 0 Å². The second kappa shape index (κ2) is 14.9. The van der Waals surface area contributed by atoms with E-state index in [1.807, 2.05) is 37.3 Å². The standard InChI is InChI=1S/C32H37Cl2N3O5S/c1-3-30(32(39)35-26-11-7-8-12-26)36(20-24-13-14-25(33)19-29(24)34)31(38)21-37(43(2,40)41)27-15-17-28(18-16-27)42-22-23-9-5-4-6-10-23/h4-6,9-10,13-19,26,30H,3,7-8,11-12,20-22H2,1-2H3,(H,35,39). The molecule has 3 aromatic rings. The summed E-state index contributed by atoms with van der Waals surface area (Å²) < 4.78 is 32.8. The van der Waals surface area contributed by atoms with E-state index in [1.54, 1.807) is 42.5 Å². The summed E-state index contributed by atoms with van der Waals surface area (Å²) in [6.07, 6.45) is 5.26. The van der Waals surface area contributed by atoms with Crippen molar-refractivity contribution in [3.63, 3.8) is 0 Å². The van der Waals surface area contributed by atoms with E-state index in [9.17, 15) is 18.0 Å². The predicted molar refractivity (Wildman–Crippen MR) is 171 cm³/mol. The van der Waals surface area contributed by atoms with Gasteiger partial charge in [0.2, 0.25) is 21.8 Å². The largest absolute Gasteiger partial charge is 0.489 e. The molecule has 0 aliphatic heterocycles. The molecule has 11 heteroatoms. The van der Waals surface area contributed by atoms with Gasteiger partial charge in [-0.2, -0.15) is 0 Å². The Morgan fingerprint density at radius 2 is 1.67 bits per heavy atom. The third-order valence-electron chi connectivity index (χ3n) is 7.50. The van der Waals surface area contributed by atoms with Crippen molar-refractivity contribution in [2.24, 2.45) is 0 Å². The van der Waals surface area contributed by atoms with Gasteiger partial charge < -0.3 is 15.0 Å². The molecule has 1 saturated carbocycles. The number of nitrogens with zero attached hydrogens (tertiary/aromatic N) is 2. The molecule has 1 N–H and O–H groups in total. The number of carbonyl (C=O) groups is 2. The van der Waals surface area contributed by atoms with Gasteiger partial charge in [-0.1, -0.05) is 79.4 Å². The zero-order valence-corrected chi connectivity index (χ0v) is 26.7. The van der Waals surface area contributed by atoms with Crippen molar-refractivity contribution in [3.05, 3.63) is 94.0 Å². The Kier molecular flexibility index (Phi) is 11.3. The molecular formula is C32H37Cl2N3O5S. The lowest BCUT2D eigenvalue weighted by molar-refractivity contribution is -0.140. The molecule has 0 heterocycles. The number of amides is 2. The first-order valence-electron chi connectivity index (χ1n) is 14.3. The molecule has 43 heavy (non-hydrogen) atoms. The minimum atomic E-state index is -3.87. The molecule has 230 valence electrons. The Morgan fingerprint density at radius 3 is 2.28 bits per heavy atom.